The summed E-state index contributed by atoms with van der Waals surface area (Å²) >= 11 is 6.54. The van der Waals surface area contributed by atoms with Gasteiger partial charge in [-0.2, -0.15) is 0 Å². The molecule has 0 amide bonds. The van der Waals surface area contributed by atoms with Crippen molar-refractivity contribution in [3.05, 3.63) is 26.6 Å². The van der Waals surface area contributed by atoms with E-state index in [1.165, 1.54) is 0 Å². The van der Waals surface area contributed by atoms with Crippen LogP contribution in [0.4, 0.5) is 0 Å². The van der Waals surface area contributed by atoms with Crippen molar-refractivity contribution >= 4 is 44.3 Å². The summed E-state index contributed by atoms with van der Waals surface area (Å²) in [5.41, 5.74) is 6.40. The summed E-state index contributed by atoms with van der Waals surface area (Å²) < 4.78 is 1.50. The van der Waals surface area contributed by atoms with E-state index < -0.39 is 0 Å². The highest BCUT2D eigenvalue weighted by atomic mass is 79.9. The molecule has 0 heterocycles. The Hall–Kier alpha value is 0.230. The van der Waals surface area contributed by atoms with Gasteiger partial charge in [0.15, 0.2) is 0 Å². The van der Waals surface area contributed by atoms with Gasteiger partial charge in [-0.05, 0) is 35.0 Å². The standard InChI is InChI=1S/C8H9Br2NO.ClH/c1-4(11)7-5(9)2-3-6(10)8(7)12;/h2-4,12H,11H2,1H3;1H/t4-;/m1./s1. The molecule has 0 aliphatic carbocycles. The van der Waals surface area contributed by atoms with Crippen LogP contribution in [0.2, 0.25) is 0 Å². The Bertz CT molecular complexity index is 304. The minimum absolute atomic E-state index is 0. The molecular weight excluding hydrogens is 321 g/mol. The van der Waals surface area contributed by atoms with Crippen LogP contribution < -0.4 is 5.73 Å². The van der Waals surface area contributed by atoms with E-state index in [-0.39, 0.29) is 24.2 Å². The maximum Gasteiger partial charge on any atom is 0.135 e. The molecule has 3 N–H and O–H groups in total. The maximum absolute atomic E-state index is 9.59. The zero-order valence-corrected chi connectivity index (χ0v) is 10.9. The van der Waals surface area contributed by atoms with Crippen LogP contribution >= 0.6 is 44.3 Å². The fraction of sp³-hybridized carbons (Fsp3) is 0.250. The number of halogens is 3. The Kier molecular flexibility index (Phi) is 5.29. The SMILES string of the molecule is C[C@@H](N)c1c(Br)ccc(Br)c1O.Cl. The Morgan fingerprint density at radius 3 is 2.15 bits per heavy atom. The van der Waals surface area contributed by atoms with Gasteiger partial charge in [-0.25, -0.2) is 0 Å². The predicted octanol–water partition coefficient (Wildman–Crippen LogP) is 3.36. The number of hydrogen-bond donors (Lipinski definition) is 2. The van der Waals surface area contributed by atoms with Crippen LogP contribution in [-0.2, 0) is 0 Å². The van der Waals surface area contributed by atoms with Crippen molar-refractivity contribution in [1.29, 1.82) is 0 Å². The van der Waals surface area contributed by atoms with E-state index >= 15 is 0 Å². The average Bonchev–Trinajstić information content (AvgIpc) is 1.97. The van der Waals surface area contributed by atoms with E-state index in [0.29, 0.717) is 4.47 Å². The second-order valence-corrected chi connectivity index (χ2v) is 4.29. The Morgan fingerprint density at radius 1 is 1.31 bits per heavy atom. The van der Waals surface area contributed by atoms with Crippen LogP contribution in [0, 0.1) is 0 Å². The van der Waals surface area contributed by atoms with Gasteiger partial charge in [-0.3, -0.25) is 0 Å². The minimum Gasteiger partial charge on any atom is -0.506 e. The van der Waals surface area contributed by atoms with Crippen molar-refractivity contribution in [3.63, 3.8) is 0 Å². The number of nitrogens with two attached hydrogens (primary N) is 1. The maximum atomic E-state index is 9.59. The fourth-order valence-electron chi connectivity index (χ4n) is 0.990. The first-order valence-electron chi connectivity index (χ1n) is 3.46. The molecule has 1 aromatic carbocycles. The number of rotatable bonds is 1. The summed E-state index contributed by atoms with van der Waals surface area (Å²) in [7, 11) is 0. The van der Waals surface area contributed by atoms with Crippen molar-refractivity contribution in [3.8, 4) is 5.75 Å². The number of hydrogen-bond acceptors (Lipinski definition) is 2. The van der Waals surface area contributed by atoms with Crippen LogP contribution in [0.3, 0.4) is 0 Å². The number of phenolic OH excluding ortho intramolecular Hbond substituents is 1. The zero-order chi connectivity index (χ0) is 9.30. The molecular formula is C8H10Br2ClNO. The normalized spacial score (nSPS) is 12.0. The third kappa shape index (κ3) is 2.84. The molecule has 0 spiro atoms. The van der Waals surface area contributed by atoms with Gasteiger partial charge >= 0.3 is 0 Å². The molecule has 2 nitrogen and oxygen atoms in total. The van der Waals surface area contributed by atoms with Gasteiger partial charge in [0.2, 0.25) is 0 Å². The lowest BCUT2D eigenvalue weighted by atomic mass is 10.1. The van der Waals surface area contributed by atoms with Gasteiger partial charge in [0, 0.05) is 16.1 Å². The molecule has 0 fully saturated rings. The van der Waals surface area contributed by atoms with E-state index in [4.69, 9.17) is 5.73 Å². The highest BCUT2D eigenvalue weighted by Gasteiger charge is 2.12. The monoisotopic (exact) mass is 329 g/mol. The van der Waals surface area contributed by atoms with E-state index in [1.807, 2.05) is 13.0 Å². The molecule has 1 rings (SSSR count). The largest absolute Gasteiger partial charge is 0.506 e. The van der Waals surface area contributed by atoms with E-state index in [2.05, 4.69) is 31.9 Å². The van der Waals surface area contributed by atoms with E-state index in [0.717, 1.165) is 10.0 Å². The molecule has 0 saturated carbocycles. The first-order valence-corrected chi connectivity index (χ1v) is 5.05. The van der Waals surface area contributed by atoms with Crippen LogP contribution in [-0.4, -0.2) is 5.11 Å². The summed E-state index contributed by atoms with van der Waals surface area (Å²) in [6.07, 6.45) is 0. The smallest absolute Gasteiger partial charge is 0.135 e. The van der Waals surface area contributed by atoms with Crippen LogP contribution in [0.25, 0.3) is 0 Å². The zero-order valence-electron chi connectivity index (χ0n) is 6.92. The van der Waals surface area contributed by atoms with Gasteiger partial charge in [-0.1, -0.05) is 15.9 Å². The molecule has 1 atom stereocenters. The highest BCUT2D eigenvalue weighted by molar-refractivity contribution is 9.11. The van der Waals surface area contributed by atoms with Crippen molar-refractivity contribution in [2.45, 2.75) is 13.0 Å². The molecule has 13 heavy (non-hydrogen) atoms. The molecule has 0 aliphatic heterocycles. The molecule has 0 aromatic heterocycles. The van der Waals surface area contributed by atoms with E-state index in [1.54, 1.807) is 6.07 Å². The van der Waals surface area contributed by atoms with Crippen molar-refractivity contribution in [2.24, 2.45) is 5.73 Å². The van der Waals surface area contributed by atoms with Gasteiger partial charge in [0.05, 0.1) is 4.47 Å². The molecule has 0 aliphatic rings. The Balaban J connectivity index is 0.00000144. The van der Waals surface area contributed by atoms with Crippen molar-refractivity contribution < 1.29 is 5.11 Å². The molecule has 1 aromatic rings. The number of benzene rings is 1. The molecule has 74 valence electrons. The van der Waals surface area contributed by atoms with Crippen LogP contribution in [0.5, 0.6) is 5.75 Å². The average molecular weight is 331 g/mol. The summed E-state index contributed by atoms with van der Waals surface area (Å²) in [5, 5.41) is 9.59. The van der Waals surface area contributed by atoms with Gasteiger partial charge in [0.25, 0.3) is 0 Å². The fourth-order valence-corrected chi connectivity index (χ4v) is 2.02. The summed E-state index contributed by atoms with van der Waals surface area (Å²) in [4.78, 5) is 0. The van der Waals surface area contributed by atoms with Crippen LogP contribution in [0.1, 0.15) is 18.5 Å². The topological polar surface area (TPSA) is 46.2 Å². The predicted molar refractivity (Wildman–Crippen MR) is 63.4 cm³/mol. The molecule has 0 radical (unpaired) electrons. The number of phenols is 1. The van der Waals surface area contributed by atoms with Crippen molar-refractivity contribution in [2.75, 3.05) is 0 Å². The number of aromatic hydroxyl groups is 1. The molecule has 0 unspecified atom stereocenters. The second-order valence-electron chi connectivity index (χ2n) is 2.58. The van der Waals surface area contributed by atoms with Crippen LogP contribution in [0.15, 0.2) is 21.1 Å². The lowest BCUT2D eigenvalue weighted by Gasteiger charge is -2.11. The summed E-state index contributed by atoms with van der Waals surface area (Å²) in [5.74, 6) is 0.208. The third-order valence-corrected chi connectivity index (χ3v) is 2.90. The minimum atomic E-state index is -0.183. The Morgan fingerprint density at radius 2 is 1.77 bits per heavy atom. The first-order chi connectivity index (χ1) is 5.54. The highest BCUT2D eigenvalue weighted by Crippen LogP contribution is 2.36. The molecule has 0 bridgehead atoms. The first kappa shape index (κ1) is 13.2. The molecule has 0 saturated heterocycles. The Labute approximate surface area is 100 Å². The van der Waals surface area contributed by atoms with E-state index in [9.17, 15) is 5.11 Å². The molecule has 5 heteroatoms. The quantitative estimate of drug-likeness (QED) is 0.829. The van der Waals surface area contributed by atoms with Gasteiger partial charge in [0.1, 0.15) is 5.75 Å². The summed E-state index contributed by atoms with van der Waals surface area (Å²) in [6, 6.07) is 3.44. The third-order valence-electron chi connectivity index (χ3n) is 1.57. The van der Waals surface area contributed by atoms with Gasteiger partial charge in [-0.15, -0.1) is 12.4 Å². The lowest BCUT2D eigenvalue weighted by Crippen LogP contribution is -2.06. The second kappa shape index (κ2) is 5.20. The lowest BCUT2D eigenvalue weighted by molar-refractivity contribution is 0.459. The van der Waals surface area contributed by atoms with Crippen molar-refractivity contribution in [1.82, 2.24) is 0 Å². The summed E-state index contributed by atoms with van der Waals surface area (Å²) in [6.45, 7) is 1.83. The van der Waals surface area contributed by atoms with Gasteiger partial charge < -0.3 is 10.8 Å².